The van der Waals surface area contributed by atoms with Crippen LogP contribution in [0.2, 0.25) is 0 Å². The number of hydrogen-bond donors (Lipinski definition) is 3. The van der Waals surface area contributed by atoms with E-state index >= 15 is 0 Å². The minimum atomic E-state index is -1.59. The van der Waals surface area contributed by atoms with Crippen molar-refractivity contribution in [2.24, 2.45) is 17.8 Å². The summed E-state index contributed by atoms with van der Waals surface area (Å²) in [5.41, 5.74) is -2.38. The Morgan fingerprint density at radius 2 is 1.70 bits per heavy atom. The molecule has 0 spiro atoms. The van der Waals surface area contributed by atoms with Crippen molar-refractivity contribution < 1.29 is 43.9 Å². The number of nitrogens with zero attached hydrogens (tertiary/aromatic N) is 1. The van der Waals surface area contributed by atoms with Crippen molar-refractivity contribution in [1.29, 1.82) is 0 Å². The van der Waals surface area contributed by atoms with E-state index in [4.69, 9.17) is 18.9 Å². The predicted molar refractivity (Wildman–Crippen MR) is 150 cm³/mol. The molecular weight excluding hydrogens is 518 g/mol. The van der Waals surface area contributed by atoms with Crippen LogP contribution in [0.5, 0.6) is 0 Å². The molecule has 40 heavy (non-hydrogen) atoms. The third-order valence-electron chi connectivity index (χ3n) is 8.86. The lowest BCUT2D eigenvalue weighted by molar-refractivity contribution is -0.301. The lowest BCUT2D eigenvalue weighted by atomic mass is 9.76. The van der Waals surface area contributed by atoms with Crippen molar-refractivity contribution in [3.8, 4) is 0 Å². The molecule has 10 heteroatoms. The van der Waals surface area contributed by atoms with E-state index in [-0.39, 0.29) is 24.3 Å². The Morgan fingerprint density at radius 1 is 1.10 bits per heavy atom. The van der Waals surface area contributed by atoms with E-state index < -0.39 is 65.6 Å². The topological polar surface area (TPSA) is 135 Å². The predicted octanol–water partition coefficient (Wildman–Crippen LogP) is 2.46. The summed E-state index contributed by atoms with van der Waals surface area (Å²) in [5, 5.41) is 33.8. The molecule has 2 aliphatic rings. The first-order valence-electron chi connectivity index (χ1n) is 14.4. The highest BCUT2D eigenvalue weighted by molar-refractivity contribution is 5.96. The Balaban J connectivity index is 2.61. The third-order valence-corrected chi connectivity index (χ3v) is 8.86. The van der Waals surface area contributed by atoms with Gasteiger partial charge in [-0.25, -0.2) is 0 Å². The molecule has 0 bridgehead atoms. The molecule has 12 atom stereocenters. The molecule has 2 aliphatic heterocycles. The van der Waals surface area contributed by atoms with E-state index in [1.165, 1.54) is 20.1 Å². The van der Waals surface area contributed by atoms with E-state index in [1.54, 1.807) is 41.5 Å². The number of carbonyl (C=O) groups is 2. The minimum absolute atomic E-state index is 0.197. The number of esters is 1. The molecule has 232 valence electrons. The monoisotopic (exact) mass is 571 g/mol. The largest absolute Gasteiger partial charge is 0.459 e. The number of methoxy groups -OCH3 is 1. The van der Waals surface area contributed by atoms with Crippen LogP contribution in [-0.2, 0) is 28.5 Å². The molecule has 12 unspecified atom stereocenters. The Hall–Kier alpha value is -1.40. The molecule has 0 aromatic carbocycles. The fraction of sp³-hybridized carbons (Fsp3) is 0.867. The summed E-state index contributed by atoms with van der Waals surface area (Å²) in [7, 11) is 5.28. The number of likely N-dealkylation sites (N-methyl/N-ethyl adjacent to an activating group) is 1. The van der Waals surface area contributed by atoms with Crippen molar-refractivity contribution in [3.63, 3.8) is 0 Å². The molecule has 1 fully saturated rings. The maximum absolute atomic E-state index is 13.5. The Labute approximate surface area is 240 Å². The molecule has 10 nitrogen and oxygen atoms in total. The number of allylic oxidation sites excluding steroid dienone is 1. The van der Waals surface area contributed by atoms with Gasteiger partial charge in [0.05, 0.1) is 29.8 Å². The first-order valence-corrected chi connectivity index (χ1v) is 14.4. The highest BCUT2D eigenvalue weighted by Crippen LogP contribution is 2.38. The zero-order valence-corrected chi connectivity index (χ0v) is 26.2. The van der Waals surface area contributed by atoms with E-state index in [9.17, 15) is 24.9 Å². The third kappa shape index (κ3) is 7.70. The van der Waals surface area contributed by atoms with Crippen LogP contribution in [0.4, 0.5) is 0 Å². The summed E-state index contributed by atoms with van der Waals surface area (Å²) in [5.74, 6) is -3.09. The second-order valence-corrected chi connectivity index (χ2v) is 12.6. The Bertz CT molecular complexity index is 906. The van der Waals surface area contributed by atoms with Gasteiger partial charge in [0.2, 0.25) is 0 Å². The van der Waals surface area contributed by atoms with Gasteiger partial charge < -0.3 is 39.2 Å². The molecule has 1 saturated heterocycles. The van der Waals surface area contributed by atoms with Crippen LogP contribution in [0.3, 0.4) is 0 Å². The average Bonchev–Trinajstić information content (AvgIpc) is 2.88. The van der Waals surface area contributed by atoms with Crippen LogP contribution < -0.4 is 0 Å². The fourth-order valence-corrected chi connectivity index (χ4v) is 6.27. The number of carbonyl (C=O) groups excluding carboxylic acids is 2. The lowest BCUT2D eigenvalue weighted by Gasteiger charge is -2.47. The van der Waals surface area contributed by atoms with Crippen LogP contribution >= 0.6 is 0 Å². The molecular formula is C30H53NO9. The molecule has 0 aromatic rings. The van der Waals surface area contributed by atoms with Crippen molar-refractivity contribution in [1.82, 2.24) is 4.90 Å². The van der Waals surface area contributed by atoms with Gasteiger partial charge in [0, 0.05) is 25.0 Å². The molecule has 0 aromatic heterocycles. The molecule has 0 aliphatic carbocycles. The van der Waals surface area contributed by atoms with Gasteiger partial charge in [-0.3, -0.25) is 9.59 Å². The van der Waals surface area contributed by atoms with Crippen molar-refractivity contribution in [3.05, 3.63) is 11.6 Å². The van der Waals surface area contributed by atoms with Crippen molar-refractivity contribution in [2.75, 3.05) is 21.2 Å². The zero-order chi connectivity index (χ0) is 30.7. The second kappa shape index (κ2) is 13.7. The number of cyclic esters (lactones) is 1. The maximum Gasteiger partial charge on any atom is 0.311 e. The van der Waals surface area contributed by atoms with Crippen molar-refractivity contribution >= 4 is 11.8 Å². The number of aliphatic hydroxyl groups is 3. The highest BCUT2D eigenvalue weighted by Gasteiger charge is 2.49. The zero-order valence-electron chi connectivity index (χ0n) is 26.2. The number of rotatable bonds is 5. The quantitative estimate of drug-likeness (QED) is 0.422. The van der Waals surface area contributed by atoms with E-state index in [0.29, 0.717) is 18.4 Å². The number of Topliss-reactive ketones (excluding diaryl/α,β-unsaturated/α-hetero) is 1. The lowest BCUT2D eigenvalue weighted by Crippen LogP contribution is -2.59. The van der Waals surface area contributed by atoms with E-state index in [0.717, 1.165) is 0 Å². The Kier molecular flexibility index (Phi) is 11.9. The van der Waals surface area contributed by atoms with Crippen LogP contribution in [0.15, 0.2) is 11.6 Å². The summed E-state index contributed by atoms with van der Waals surface area (Å²) in [4.78, 5) is 28.6. The number of ether oxygens (including phenoxy) is 4. The van der Waals surface area contributed by atoms with Gasteiger partial charge in [-0.15, -0.1) is 0 Å². The number of ketones is 1. The molecule has 3 N–H and O–H groups in total. The molecule has 0 saturated carbocycles. The first kappa shape index (κ1) is 34.8. The standard InChI is InChI=1S/C30H53NO9/c1-12-22-29(7,36)14-16(2)23(32)17(3)15-30(8,37-11)26(19(5)24(33)20(6)27(35)39-22)40-28-25(34)21(31(9)10)13-18(4)38-28/h14,17-22,24-26,28,33-34,36H,12-13,15H2,1-11H3. The van der Waals surface area contributed by atoms with Gasteiger partial charge in [-0.1, -0.05) is 20.8 Å². The first-order chi connectivity index (χ1) is 18.4. The molecule has 0 radical (unpaired) electrons. The minimum Gasteiger partial charge on any atom is -0.459 e. The summed E-state index contributed by atoms with van der Waals surface area (Å²) >= 11 is 0. The summed E-state index contributed by atoms with van der Waals surface area (Å²) in [6.45, 7) is 13.7. The Morgan fingerprint density at radius 3 is 2.23 bits per heavy atom. The van der Waals surface area contributed by atoms with Gasteiger partial charge in [0.15, 0.2) is 12.1 Å². The normalized spacial score (nSPS) is 44.6. The molecule has 0 amide bonds. The van der Waals surface area contributed by atoms with E-state index in [1.807, 2.05) is 25.9 Å². The van der Waals surface area contributed by atoms with E-state index in [2.05, 4.69) is 0 Å². The van der Waals surface area contributed by atoms with Gasteiger partial charge in [-0.05, 0) is 79.6 Å². The second-order valence-electron chi connectivity index (χ2n) is 12.6. The van der Waals surface area contributed by atoms with Crippen LogP contribution in [-0.4, -0.2) is 107 Å². The van der Waals surface area contributed by atoms with Gasteiger partial charge in [0.25, 0.3) is 0 Å². The van der Waals surface area contributed by atoms with Crippen LogP contribution in [0.1, 0.15) is 74.7 Å². The maximum atomic E-state index is 13.5. The smallest absolute Gasteiger partial charge is 0.311 e. The highest BCUT2D eigenvalue weighted by atomic mass is 16.7. The number of aliphatic hydroxyl groups excluding tert-OH is 2. The van der Waals surface area contributed by atoms with Gasteiger partial charge in [0.1, 0.15) is 17.8 Å². The molecule has 2 heterocycles. The average molecular weight is 572 g/mol. The number of hydrogen-bond acceptors (Lipinski definition) is 10. The van der Waals surface area contributed by atoms with Gasteiger partial charge >= 0.3 is 5.97 Å². The van der Waals surface area contributed by atoms with Gasteiger partial charge in [-0.2, -0.15) is 0 Å². The van der Waals surface area contributed by atoms with Crippen LogP contribution in [0.25, 0.3) is 0 Å². The summed E-state index contributed by atoms with van der Waals surface area (Å²) in [6.07, 6.45) is -2.68. The van der Waals surface area contributed by atoms with Crippen LogP contribution in [0, 0.1) is 17.8 Å². The summed E-state index contributed by atoms with van der Waals surface area (Å²) < 4.78 is 24.3. The molecule has 2 rings (SSSR count). The summed E-state index contributed by atoms with van der Waals surface area (Å²) in [6, 6.07) is -0.220. The fourth-order valence-electron chi connectivity index (χ4n) is 6.27. The van der Waals surface area contributed by atoms with Crippen molar-refractivity contribution in [2.45, 2.75) is 129 Å². The SMILES string of the molecule is CCC1OC(=O)C(C)C(O)C(C)C(OC2OC(C)CC(N(C)C)C2O)C(C)(OC)CC(C)C(=O)C(C)=CC1(C)O.